The van der Waals surface area contributed by atoms with Crippen LogP contribution in [0.5, 0.6) is 5.75 Å². The van der Waals surface area contributed by atoms with Crippen LogP contribution in [-0.4, -0.2) is 35.2 Å². The summed E-state index contributed by atoms with van der Waals surface area (Å²) in [4.78, 5) is 0. The Kier molecular flexibility index (Phi) is 4.52. The van der Waals surface area contributed by atoms with E-state index < -0.39 is 0 Å². The summed E-state index contributed by atoms with van der Waals surface area (Å²) >= 11 is 10.2. The standard InChI is InChI=1S/C14H18ClNOS2/c15-11-5-9-1-2-17-14(9)10(6-11)7-12(16)13-8-18-3-4-19-13/h5-6,12-13H,1-4,7-8,16H2. The first-order chi connectivity index (χ1) is 9.24. The molecule has 0 spiro atoms. The fourth-order valence-corrected chi connectivity index (χ4v) is 5.72. The highest BCUT2D eigenvalue weighted by Crippen LogP contribution is 2.35. The van der Waals surface area contributed by atoms with Crippen LogP contribution in [0, 0.1) is 0 Å². The Balaban J connectivity index is 1.75. The number of nitrogens with two attached hydrogens (primary N) is 1. The Bertz CT molecular complexity index is 463. The molecule has 0 aromatic heterocycles. The number of fused-ring (bicyclic) bond motifs is 1. The monoisotopic (exact) mass is 315 g/mol. The number of hydrogen-bond donors (Lipinski definition) is 1. The van der Waals surface area contributed by atoms with Crippen LogP contribution in [0.4, 0.5) is 0 Å². The predicted molar refractivity (Wildman–Crippen MR) is 85.9 cm³/mol. The van der Waals surface area contributed by atoms with E-state index in [4.69, 9.17) is 22.1 Å². The zero-order valence-electron chi connectivity index (χ0n) is 10.7. The number of halogens is 1. The summed E-state index contributed by atoms with van der Waals surface area (Å²) in [6, 6.07) is 4.22. The quantitative estimate of drug-likeness (QED) is 0.930. The highest BCUT2D eigenvalue weighted by atomic mass is 35.5. The summed E-state index contributed by atoms with van der Waals surface area (Å²) in [5, 5.41) is 1.35. The van der Waals surface area contributed by atoms with Gasteiger partial charge in [-0.2, -0.15) is 23.5 Å². The summed E-state index contributed by atoms with van der Waals surface area (Å²) in [6.07, 6.45) is 1.83. The van der Waals surface area contributed by atoms with Gasteiger partial charge in [-0.15, -0.1) is 0 Å². The summed E-state index contributed by atoms with van der Waals surface area (Å²) < 4.78 is 5.75. The van der Waals surface area contributed by atoms with Crippen molar-refractivity contribution in [3.8, 4) is 5.75 Å². The maximum absolute atomic E-state index is 6.39. The zero-order valence-corrected chi connectivity index (χ0v) is 13.1. The molecule has 2 aliphatic heterocycles. The van der Waals surface area contributed by atoms with Gasteiger partial charge in [-0.25, -0.2) is 0 Å². The van der Waals surface area contributed by atoms with Gasteiger partial charge >= 0.3 is 0 Å². The van der Waals surface area contributed by atoms with Gasteiger partial charge in [0.1, 0.15) is 5.75 Å². The van der Waals surface area contributed by atoms with Crippen molar-refractivity contribution < 1.29 is 4.74 Å². The molecule has 3 rings (SSSR count). The van der Waals surface area contributed by atoms with Crippen LogP contribution in [0.1, 0.15) is 11.1 Å². The summed E-state index contributed by atoms with van der Waals surface area (Å²) in [7, 11) is 0. The van der Waals surface area contributed by atoms with Crippen molar-refractivity contribution in [2.45, 2.75) is 24.1 Å². The zero-order chi connectivity index (χ0) is 13.2. The molecule has 2 heterocycles. The van der Waals surface area contributed by atoms with E-state index in [9.17, 15) is 0 Å². The molecule has 2 atom stereocenters. The van der Waals surface area contributed by atoms with Gasteiger partial charge in [0.2, 0.25) is 0 Å². The maximum atomic E-state index is 6.39. The smallest absolute Gasteiger partial charge is 0.125 e. The fourth-order valence-electron chi connectivity index (χ4n) is 2.64. The van der Waals surface area contributed by atoms with Crippen LogP contribution in [0.15, 0.2) is 12.1 Å². The Morgan fingerprint density at radius 3 is 3.11 bits per heavy atom. The minimum Gasteiger partial charge on any atom is -0.493 e. The van der Waals surface area contributed by atoms with Crippen LogP contribution >= 0.6 is 35.1 Å². The number of hydrogen-bond acceptors (Lipinski definition) is 4. The van der Waals surface area contributed by atoms with Gasteiger partial charge in [0.25, 0.3) is 0 Å². The molecule has 0 amide bonds. The molecule has 2 aliphatic rings. The summed E-state index contributed by atoms with van der Waals surface area (Å²) in [5.74, 6) is 4.67. The van der Waals surface area contributed by atoms with E-state index in [1.54, 1.807) is 0 Å². The van der Waals surface area contributed by atoms with E-state index >= 15 is 0 Å². The van der Waals surface area contributed by atoms with Gasteiger partial charge in [0.15, 0.2) is 0 Å². The van der Waals surface area contributed by atoms with Crippen LogP contribution in [0.25, 0.3) is 0 Å². The lowest BCUT2D eigenvalue weighted by Crippen LogP contribution is -2.38. The van der Waals surface area contributed by atoms with Gasteiger partial charge in [-0.1, -0.05) is 11.6 Å². The van der Waals surface area contributed by atoms with Crippen molar-refractivity contribution in [2.24, 2.45) is 5.73 Å². The van der Waals surface area contributed by atoms with E-state index in [1.165, 1.54) is 22.6 Å². The van der Waals surface area contributed by atoms with Gasteiger partial charge in [-0.05, 0) is 29.7 Å². The molecule has 0 saturated carbocycles. The lowest BCUT2D eigenvalue weighted by Gasteiger charge is -2.27. The van der Waals surface area contributed by atoms with Crippen molar-refractivity contribution in [3.63, 3.8) is 0 Å². The second-order valence-corrected chi connectivity index (χ2v) is 7.94. The summed E-state index contributed by atoms with van der Waals surface area (Å²) in [5.41, 5.74) is 8.81. The largest absolute Gasteiger partial charge is 0.493 e. The van der Waals surface area contributed by atoms with Crippen molar-refractivity contribution in [1.82, 2.24) is 0 Å². The number of ether oxygens (including phenoxy) is 1. The molecule has 2 unspecified atom stereocenters. The molecular weight excluding hydrogens is 298 g/mol. The number of benzene rings is 1. The average molecular weight is 316 g/mol. The van der Waals surface area contributed by atoms with Gasteiger partial charge in [-0.3, -0.25) is 0 Å². The van der Waals surface area contributed by atoms with Crippen LogP contribution in [0.2, 0.25) is 5.02 Å². The lowest BCUT2D eigenvalue weighted by molar-refractivity contribution is 0.352. The first-order valence-corrected chi connectivity index (χ1v) is 9.21. The highest BCUT2D eigenvalue weighted by Gasteiger charge is 2.25. The van der Waals surface area contributed by atoms with E-state index in [0.717, 1.165) is 36.0 Å². The maximum Gasteiger partial charge on any atom is 0.125 e. The SMILES string of the molecule is NC(Cc1cc(Cl)cc2c1OCC2)C1CSCCS1. The van der Waals surface area contributed by atoms with Gasteiger partial charge in [0.05, 0.1) is 6.61 Å². The predicted octanol–water partition coefficient (Wildman–Crippen LogP) is 2.99. The van der Waals surface area contributed by atoms with E-state index in [1.807, 2.05) is 35.7 Å². The molecule has 19 heavy (non-hydrogen) atoms. The molecule has 1 aromatic rings. The molecule has 1 saturated heterocycles. The Morgan fingerprint density at radius 1 is 1.42 bits per heavy atom. The van der Waals surface area contributed by atoms with E-state index in [-0.39, 0.29) is 6.04 Å². The second-order valence-electron chi connectivity index (χ2n) is 5.00. The topological polar surface area (TPSA) is 35.2 Å². The third-order valence-electron chi connectivity index (χ3n) is 3.60. The van der Waals surface area contributed by atoms with Crippen molar-refractivity contribution >= 4 is 35.1 Å². The van der Waals surface area contributed by atoms with Crippen molar-refractivity contribution in [1.29, 1.82) is 0 Å². The molecule has 2 nitrogen and oxygen atoms in total. The minimum atomic E-state index is 0.185. The Labute approximate surface area is 127 Å². The Hall–Kier alpha value is -0.0300. The van der Waals surface area contributed by atoms with Crippen LogP contribution in [-0.2, 0) is 12.8 Å². The average Bonchev–Trinajstić information content (AvgIpc) is 2.88. The highest BCUT2D eigenvalue weighted by molar-refractivity contribution is 8.06. The molecule has 0 radical (unpaired) electrons. The van der Waals surface area contributed by atoms with Crippen LogP contribution in [0.3, 0.4) is 0 Å². The molecule has 1 aromatic carbocycles. The molecule has 104 valence electrons. The number of rotatable bonds is 3. The van der Waals surface area contributed by atoms with Gasteiger partial charge in [0, 0.05) is 40.0 Å². The summed E-state index contributed by atoms with van der Waals surface area (Å²) in [6.45, 7) is 0.770. The molecule has 5 heteroatoms. The third kappa shape index (κ3) is 3.18. The third-order valence-corrected chi connectivity index (χ3v) is 6.76. The van der Waals surface area contributed by atoms with Crippen molar-refractivity contribution in [2.75, 3.05) is 23.9 Å². The van der Waals surface area contributed by atoms with E-state index in [2.05, 4.69) is 0 Å². The minimum absolute atomic E-state index is 0.185. The normalized spacial score (nSPS) is 23.8. The Morgan fingerprint density at radius 2 is 2.32 bits per heavy atom. The lowest BCUT2D eigenvalue weighted by atomic mass is 10.0. The molecule has 1 fully saturated rings. The number of thioether (sulfide) groups is 2. The molecule has 0 bridgehead atoms. The molecule has 2 N–H and O–H groups in total. The second kappa shape index (κ2) is 6.17. The first kappa shape index (κ1) is 13.9. The van der Waals surface area contributed by atoms with E-state index in [0.29, 0.717) is 5.25 Å². The molecule has 0 aliphatic carbocycles. The first-order valence-electron chi connectivity index (χ1n) is 6.63. The van der Waals surface area contributed by atoms with Crippen LogP contribution < -0.4 is 10.5 Å². The molecular formula is C14H18ClNOS2. The van der Waals surface area contributed by atoms with Crippen molar-refractivity contribution in [3.05, 3.63) is 28.3 Å². The van der Waals surface area contributed by atoms with Gasteiger partial charge < -0.3 is 10.5 Å². The fraction of sp³-hybridized carbons (Fsp3) is 0.571.